The van der Waals surface area contributed by atoms with Gasteiger partial charge in [-0.25, -0.2) is 0 Å². The number of hydrogen-bond acceptors (Lipinski definition) is 1. The fourth-order valence-electron chi connectivity index (χ4n) is 2.18. The van der Waals surface area contributed by atoms with Gasteiger partial charge in [-0.2, -0.15) is 0 Å². The second-order valence-corrected chi connectivity index (χ2v) is 3.58. The van der Waals surface area contributed by atoms with E-state index in [0.717, 1.165) is 18.3 Å². The van der Waals surface area contributed by atoms with E-state index in [1.807, 2.05) is 6.20 Å². The molecule has 0 spiro atoms. The fourth-order valence-corrected chi connectivity index (χ4v) is 2.18. The maximum atomic E-state index is 10.9. The molecule has 2 heteroatoms. The molecular weight excluding hydrogens is 138 g/mol. The molecule has 11 heavy (non-hydrogen) atoms. The molecule has 0 aliphatic heterocycles. The molecule has 1 heterocycles. The van der Waals surface area contributed by atoms with Gasteiger partial charge in [-0.3, -0.25) is 4.79 Å². The van der Waals surface area contributed by atoms with E-state index in [0.29, 0.717) is 0 Å². The zero-order valence-electron chi connectivity index (χ0n) is 6.13. The van der Waals surface area contributed by atoms with E-state index in [2.05, 4.69) is 4.98 Å². The van der Waals surface area contributed by atoms with E-state index >= 15 is 0 Å². The van der Waals surface area contributed by atoms with Crippen LogP contribution in [-0.2, 0) is 6.42 Å². The predicted molar refractivity (Wildman–Crippen MR) is 41.6 cm³/mol. The summed E-state index contributed by atoms with van der Waals surface area (Å²) in [6.07, 6.45) is 4.39. The van der Waals surface area contributed by atoms with Crippen LogP contribution in [0.25, 0.3) is 0 Å². The Morgan fingerprint density at radius 1 is 1.55 bits per heavy atom. The molecule has 0 aromatic carbocycles. The molecule has 2 nitrogen and oxygen atoms in total. The standard InChI is InChI=1S/C9H9NO/c11-9-3-6-1-5-2-7(5)8(6)4-10-9/h3-5,7H,1-2H2,(H,10,11). The molecule has 0 bridgehead atoms. The molecule has 2 atom stereocenters. The van der Waals surface area contributed by atoms with Crippen molar-refractivity contribution in [2.24, 2.45) is 5.92 Å². The molecule has 2 aliphatic rings. The topological polar surface area (TPSA) is 32.9 Å². The number of aromatic amines is 1. The minimum absolute atomic E-state index is 0.0463. The third kappa shape index (κ3) is 0.642. The highest BCUT2D eigenvalue weighted by Crippen LogP contribution is 2.55. The van der Waals surface area contributed by atoms with Gasteiger partial charge >= 0.3 is 0 Å². The largest absolute Gasteiger partial charge is 0.329 e. The van der Waals surface area contributed by atoms with Crippen LogP contribution < -0.4 is 5.56 Å². The SMILES string of the molecule is O=c1cc2c(c[nH]1)C1CC1C2. The first-order valence-corrected chi connectivity index (χ1v) is 4.06. The zero-order chi connectivity index (χ0) is 7.42. The van der Waals surface area contributed by atoms with Gasteiger partial charge in [0.05, 0.1) is 0 Å². The molecule has 1 saturated carbocycles. The quantitative estimate of drug-likeness (QED) is 0.584. The molecule has 2 aliphatic carbocycles. The van der Waals surface area contributed by atoms with Gasteiger partial charge in [0.15, 0.2) is 0 Å². The summed E-state index contributed by atoms with van der Waals surface area (Å²) in [5.41, 5.74) is 2.73. The fraction of sp³-hybridized carbons (Fsp3) is 0.444. The lowest BCUT2D eigenvalue weighted by molar-refractivity contribution is 0.856. The number of fused-ring (bicyclic) bond motifs is 3. The highest BCUT2D eigenvalue weighted by molar-refractivity contribution is 5.38. The van der Waals surface area contributed by atoms with Crippen molar-refractivity contribution in [3.63, 3.8) is 0 Å². The first kappa shape index (κ1) is 5.58. The third-order valence-corrected chi connectivity index (χ3v) is 2.85. The molecule has 56 valence electrons. The Labute approximate surface area is 64.3 Å². The second kappa shape index (κ2) is 1.58. The maximum absolute atomic E-state index is 10.9. The van der Waals surface area contributed by atoms with Crippen LogP contribution in [0.2, 0.25) is 0 Å². The number of nitrogens with one attached hydrogen (secondary N) is 1. The zero-order valence-corrected chi connectivity index (χ0v) is 6.13. The number of rotatable bonds is 0. The monoisotopic (exact) mass is 147 g/mol. The lowest BCUT2D eigenvalue weighted by atomic mass is 10.1. The summed E-state index contributed by atoms with van der Waals surface area (Å²) in [6, 6.07) is 1.75. The van der Waals surface area contributed by atoms with Crippen LogP contribution >= 0.6 is 0 Å². The molecule has 1 aromatic heterocycles. The molecule has 1 N–H and O–H groups in total. The van der Waals surface area contributed by atoms with Gasteiger partial charge in [-0.15, -0.1) is 0 Å². The van der Waals surface area contributed by atoms with Crippen LogP contribution in [0.3, 0.4) is 0 Å². The van der Waals surface area contributed by atoms with Crippen molar-refractivity contribution in [3.8, 4) is 0 Å². The molecule has 3 rings (SSSR count). The average molecular weight is 147 g/mol. The minimum Gasteiger partial charge on any atom is -0.329 e. The third-order valence-electron chi connectivity index (χ3n) is 2.85. The Balaban J connectivity index is 2.26. The molecule has 2 unspecified atom stereocenters. The predicted octanol–water partition coefficient (Wildman–Crippen LogP) is 1.03. The Morgan fingerprint density at radius 3 is 3.36 bits per heavy atom. The molecule has 0 amide bonds. The van der Waals surface area contributed by atoms with Gasteiger partial charge in [0.2, 0.25) is 5.56 Å². The number of pyridine rings is 1. The number of H-pyrrole nitrogens is 1. The summed E-state index contributed by atoms with van der Waals surface area (Å²) >= 11 is 0. The van der Waals surface area contributed by atoms with Gasteiger partial charge in [0, 0.05) is 12.3 Å². The van der Waals surface area contributed by atoms with Crippen molar-refractivity contribution in [2.75, 3.05) is 0 Å². The van der Waals surface area contributed by atoms with Crippen LogP contribution in [-0.4, -0.2) is 4.98 Å². The van der Waals surface area contributed by atoms with Gasteiger partial charge in [-0.05, 0) is 35.8 Å². The molecular formula is C9H9NO. The van der Waals surface area contributed by atoms with E-state index in [-0.39, 0.29) is 5.56 Å². The van der Waals surface area contributed by atoms with E-state index in [1.165, 1.54) is 17.5 Å². The van der Waals surface area contributed by atoms with Crippen LogP contribution in [0.1, 0.15) is 23.5 Å². The van der Waals surface area contributed by atoms with Crippen molar-refractivity contribution < 1.29 is 0 Å². The summed E-state index contributed by atoms with van der Waals surface area (Å²) in [6.45, 7) is 0. The Bertz CT molecular complexity index is 366. The molecule has 1 aromatic rings. The Hall–Kier alpha value is -1.05. The lowest BCUT2D eigenvalue weighted by Gasteiger charge is -1.98. The van der Waals surface area contributed by atoms with E-state index in [4.69, 9.17) is 0 Å². The van der Waals surface area contributed by atoms with Gasteiger partial charge in [0.25, 0.3) is 0 Å². The number of hydrogen-bond donors (Lipinski definition) is 1. The second-order valence-electron chi connectivity index (χ2n) is 3.58. The Kier molecular flexibility index (Phi) is 0.799. The van der Waals surface area contributed by atoms with Gasteiger partial charge < -0.3 is 4.98 Å². The summed E-state index contributed by atoms with van der Waals surface area (Å²) in [5.74, 6) is 1.67. The molecule has 0 saturated heterocycles. The van der Waals surface area contributed by atoms with E-state index in [1.54, 1.807) is 6.07 Å². The summed E-state index contributed by atoms with van der Waals surface area (Å²) in [4.78, 5) is 13.6. The summed E-state index contributed by atoms with van der Waals surface area (Å²) in [7, 11) is 0. The van der Waals surface area contributed by atoms with Gasteiger partial charge in [0.1, 0.15) is 0 Å². The highest BCUT2D eigenvalue weighted by Gasteiger charge is 2.44. The normalized spacial score (nSPS) is 31.3. The smallest absolute Gasteiger partial charge is 0.248 e. The number of aromatic nitrogens is 1. The highest BCUT2D eigenvalue weighted by atomic mass is 16.1. The first-order chi connectivity index (χ1) is 5.34. The van der Waals surface area contributed by atoms with Crippen molar-refractivity contribution >= 4 is 0 Å². The van der Waals surface area contributed by atoms with Crippen LogP contribution in [0, 0.1) is 5.92 Å². The van der Waals surface area contributed by atoms with Crippen molar-refractivity contribution in [3.05, 3.63) is 33.7 Å². The molecule has 1 fully saturated rings. The maximum Gasteiger partial charge on any atom is 0.248 e. The molecule has 0 radical (unpaired) electrons. The van der Waals surface area contributed by atoms with Crippen LogP contribution in [0.4, 0.5) is 0 Å². The summed E-state index contributed by atoms with van der Waals surface area (Å²) < 4.78 is 0. The minimum atomic E-state index is 0.0463. The van der Waals surface area contributed by atoms with Crippen LogP contribution in [0.5, 0.6) is 0 Å². The lowest BCUT2D eigenvalue weighted by Crippen LogP contribution is -2.05. The Morgan fingerprint density at radius 2 is 2.45 bits per heavy atom. The van der Waals surface area contributed by atoms with Crippen molar-refractivity contribution in [2.45, 2.75) is 18.8 Å². The van der Waals surface area contributed by atoms with Crippen molar-refractivity contribution in [1.29, 1.82) is 0 Å². The van der Waals surface area contributed by atoms with E-state index < -0.39 is 0 Å². The van der Waals surface area contributed by atoms with E-state index in [9.17, 15) is 4.79 Å². The van der Waals surface area contributed by atoms with Gasteiger partial charge in [-0.1, -0.05) is 0 Å². The average Bonchev–Trinajstić information content (AvgIpc) is 2.63. The van der Waals surface area contributed by atoms with Crippen LogP contribution in [0.15, 0.2) is 17.1 Å². The summed E-state index contributed by atoms with van der Waals surface area (Å²) in [5, 5.41) is 0. The van der Waals surface area contributed by atoms with Crippen molar-refractivity contribution in [1.82, 2.24) is 4.98 Å². The first-order valence-electron chi connectivity index (χ1n) is 4.06.